The van der Waals surface area contributed by atoms with E-state index >= 15 is 0 Å². The van der Waals surface area contributed by atoms with Crippen molar-refractivity contribution >= 4 is 12.1 Å². The van der Waals surface area contributed by atoms with Crippen molar-refractivity contribution in [3.05, 3.63) is 71.3 Å². The highest BCUT2D eigenvalue weighted by atomic mass is 19.1. The lowest BCUT2D eigenvalue weighted by Gasteiger charge is -2.71. The molecule has 7 rings (SSSR count). The molecule has 2 aliphatic heterocycles. The quantitative estimate of drug-likeness (QED) is 0.713. The van der Waals surface area contributed by atoms with Crippen LogP contribution in [0.15, 0.2) is 53.6 Å². The van der Waals surface area contributed by atoms with Gasteiger partial charge in [0, 0.05) is 44.3 Å². The highest BCUT2D eigenvalue weighted by molar-refractivity contribution is 5.88. The number of amides is 1. The van der Waals surface area contributed by atoms with E-state index in [2.05, 4.69) is 40.3 Å². The third-order valence-electron chi connectivity index (χ3n) is 7.69. The van der Waals surface area contributed by atoms with Crippen LogP contribution in [-0.4, -0.2) is 41.7 Å². The van der Waals surface area contributed by atoms with Gasteiger partial charge in [-0.25, -0.2) is 13.8 Å². The number of hydrogen-bond donors (Lipinski definition) is 0. The molecule has 0 spiro atoms. The normalized spacial score (nSPS) is 31.8. The van der Waals surface area contributed by atoms with E-state index in [0.29, 0.717) is 17.9 Å². The number of rotatable bonds is 5. The minimum absolute atomic E-state index is 0.0172. The summed E-state index contributed by atoms with van der Waals surface area (Å²) in [5, 5.41) is 5.76. The molecule has 0 N–H and O–H groups in total. The number of nitrogens with zero attached hydrogens (tertiary/aromatic N) is 3. The maximum atomic E-state index is 13.7. The van der Waals surface area contributed by atoms with Crippen LogP contribution in [-0.2, 0) is 4.79 Å². The van der Waals surface area contributed by atoms with Crippen molar-refractivity contribution in [3.63, 3.8) is 0 Å². The molecule has 2 bridgehead atoms. The van der Waals surface area contributed by atoms with Crippen LogP contribution < -0.4 is 0 Å². The first-order chi connectivity index (χ1) is 15.0. The van der Waals surface area contributed by atoms with Gasteiger partial charge in [-0.3, -0.25) is 4.79 Å². The van der Waals surface area contributed by atoms with Crippen molar-refractivity contribution < 1.29 is 13.6 Å². The third-order valence-corrected chi connectivity index (χ3v) is 7.69. The second-order valence-corrected chi connectivity index (χ2v) is 10.0. The molecule has 160 valence electrons. The lowest BCUT2D eigenvalue weighted by Crippen LogP contribution is -2.71. The minimum atomic E-state index is -0.623. The molecule has 1 atom stereocenters. The first-order valence-corrected chi connectivity index (χ1v) is 11.0. The van der Waals surface area contributed by atoms with Gasteiger partial charge in [-0.2, -0.15) is 5.10 Å². The molecule has 3 aliphatic carbocycles. The molecule has 2 aromatic carbocycles. The maximum Gasteiger partial charge on any atom is 0.249 e. The predicted octanol–water partition coefficient (Wildman–Crippen LogP) is 4.49. The molecule has 5 aliphatic rings. The monoisotopic (exact) mass is 421 g/mol. The Balaban J connectivity index is 1.07. The zero-order chi connectivity index (χ0) is 21.2. The van der Waals surface area contributed by atoms with E-state index < -0.39 is 17.7 Å². The van der Waals surface area contributed by atoms with Gasteiger partial charge in [0.25, 0.3) is 0 Å². The van der Waals surface area contributed by atoms with Gasteiger partial charge in [0.2, 0.25) is 5.91 Å². The minimum Gasteiger partial charge on any atom is -0.301 e. The van der Waals surface area contributed by atoms with Crippen LogP contribution in [0.1, 0.15) is 48.8 Å². The number of benzene rings is 2. The number of hydrazone groups is 1. The summed E-state index contributed by atoms with van der Waals surface area (Å²) >= 11 is 0. The number of carbonyl (C=O) groups excluding carboxylic acids is 1. The second kappa shape index (κ2) is 6.70. The molecule has 4 nitrogen and oxygen atoms in total. The molecule has 0 aromatic heterocycles. The van der Waals surface area contributed by atoms with Crippen LogP contribution in [0.2, 0.25) is 0 Å². The number of likely N-dealkylation sites (tertiary alicyclic amines) is 1. The predicted molar refractivity (Wildman–Crippen MR) is 113 cm³/mol. The van der Waals surface area contributed by atoms with Gasteiger partial charge < -0.3 is 4.90 Å². The Morgan fingerprint density at radius 3 is 2.35 bits per heavy atom. The first kappa shape index (κ1) is 19.1. The van der Waals surface area contributed by atoms with Crippen molar-refractivity contribution in [2.24, 2.45) is 15.9 Å². The fraction of sp³-hybridized carbons (Fsp3) is 0.440. The van der Waals surface area contributed by atoms with Crippen LogP contribution in [0.25, 0.3) is 0 Å². The van der Waals surface area contributed by atoms with E-state index in [1.807, 2.05) is 0 Å². The molecule has 2 aromatic rings. The van der Waals surface area contributed by atoms with E-state index in [1.54, 1.807) is 6.21 Å². The van der Waals surface area contributed by atoms with Gasteiger partial charge in [0.1, 0.15) is 11.6 Å². The Labute approximate surface area is 180 Å². The lowest BCUT2D eigenvalue weighted by atomic mass is 9.34. The van der Waals surface area contributed by atoms with Gasteiger partial charge in [-0.15, -0.1) is 0 Å². The number of hydrogen-bond acceptors (Lipinski definition) is 3. The standard InChI is InChI=1S/C25H25F2N3O/c26-20-8-18(9-21(27)10-20)22-6-7-28-30(22)23(31)25-13-24(14-25,15-25)16-29-11-19(12-29)17-4-2-1-3-5-17/h1-5,7-10,19,22H,6,11-16H2. The van der Waals surface area contributed by atoms with Crippen molar-refractivity contribution in [3.8, 4) is 0 Å². The van der Waals surface area contributed by atoms with Crippen molar-refractivity contribution in [2.45, 2.75) is 37.6 Å². The summed E-state index contributed by atoms with van der Waals surface area (Å²) in [7, 11) is 0. The SMILES string of the molecule is O=C(N1N=CCC1c1cc(F)cc(F)c1)C12CC(CN3CC(c4ccccc4)C3)(C1)C2. The summed E-state index contributed by atoms with van der Waals surface area (Å²) in [4.78, 5) is 15.8. The summed E-state index contributed by atoms with van der Waals surface area (Å²) in [6.45, 7) is 3.25. The molecule has 4 fully saturated rings. The molecule has 1 saturated heterocycles. The molecule has 6 heteroatoms. The van der Waals surface area contributed by atoms with Gasteiger partial charge in [-0.05, 0) is 47.9 Å². The lowest BCUT2D eigenvalue weighted by molar-refractivity contribution is -0.226. The van der Waals surface area contributed by atoms with Gasteiger partial charge >= 0.3 is 0 Å². The van der Waals surface area contributed by atoms with Gasteiger partial charge in [0.05, 0.1) is 11.5 Å². The van der Waals surface area contributed by atoms with Crippen LogP contribution in [0.5, 0.6) is 0 Å². The van der Waals surface area contributed by atoms with E-state index in [9.17, 15) is 13.6 Å². The molecule has 3 saturated carbocycles. The van der Waals surface area contributed by atoms with Crippen LogP contribution in [0.4, 0.5) is 8.78 Å². The van der Waals surface area contributed by atoms with Crippen LogP contribution in [0.3, 0.4) is 0 Å². The molecular formula is C25H25F2N3O. The highest BCUT2D eigenvalue weighted by Crippen LogP contribution is 2.74. The van der Waals surface area contributed by atoms with Crippen molar-refractivity contribution in [2.75, 3.05) is 19.6 Å². The zero-order valence-corrected chi connectivity index (χ0v) is 17.3. The molecule has 1 unspecified atom stereocenters. The van der Waals surface area contributed by atoms with Crippen LogP contribution in [0, 0.1) is 22.5 Å². The van der Waals surface area contributed by atoms with E-state index in [0.717, 1.165) is 45.0 Å². The smallest absolute Gasteiger partial charge is 0.249 e. The molecule has 0 radical (unpaired) electrons. The zero-order valence-electron chi connectivity index (χ0n) is 17.3. The number of halogens is 2. The van der Waals surface area contributed by atoms with Gasteiger partial charge in [-0.1, -0.05) is 30.3 Å². The Bertz CT molecular complexity index is 1020. The summed E-state index contributed by atoms with van der Waals surface area (Å²) in [5.41, 5.74) is 1.82. The third kappa shape index (κ3) is 3.03. The van der Waals surface area contributed by atoms with Gasteiger partial charge in [0.15, 0.2) is 0 Å². The highest BCUT2D eigenvalue weighted by Gasteiger charge is 2.72. The van der Waals surface area contributed by atoms with Crippen molar-refractivity contribution in [1.82, 2.24) is 9.91 Å². The second-order valence-electron chi connectivity index (χ2n) is 10.0. The molecule has 2 heterocycles. The molecule has 1 amide bonds. The Hall–Kier alpha value is -2.60. The van der Waals surface area contributed by atoms with E-state index in [1.165, 1.54) is 22.7 Å². The average molecular weight is 421 g/mol. The maximum absolute atomic E-state index is 13.7. The fourth-order valence-corrected chi connectivity index (χ4v) is 6.40. The summed E-state index contributed by atoms with van der Waals surface area (Å²) in [6, 6.07) is 13.7. The Morgan fingerprint density at radius 1 is 1.00 bits per heavy atom. The van der Waals surface area contributed by atoms with E-state index in [4.69, 9.17) is 0 Å². The van der Waals surface area contributed by atoms with E-state index in [-0.39, 0.29) is 16.7 Å². The van der Waals surface area contributed by atoms with Crippen molar-refractivity contribution in [1.29, 1.82) is 0 Å². The summed E-state index contributed by atoms with van der Waals surface area (Å²) < 4.78 is 27.4. The topological polar surface area (TPSA) is 35.9 Å². The molecular weight excluding hydrogens is 396 g/mol. The summed E-state index contributed by atoms with van der Waals surface area (Å²) in [5.74, 6) is -0.608. The number of carbonyl (C=O) groups is 1. The summed E-state index contributed by atoms with van der Waals surface area (Å²) in [6.07, 6.45) is 4.88. The Kier molecular flexibility index (Phi) is 4.13. The van der Waals surface area contributed by atoms with Crippen LogP contribution >= 0.6 is 0 Å². The largest absolute Gasteiger partial charge is 0.301 e. The fourth-order valence-electron chi connectivity index (χ4n) is 6.40. The first-order valence-electron chi connectivity index (χ1n) is 11.0. The average Bonchev–Trinajstić information content (AvgIpc) is 3.14. The molecule has 31 heavy (non-hydrogen) atoms. The Morgan fingerprint density at radius 2 is 1.68 bits per heavy atom.